The van der Waals surface area contributed by atoms with Crippen LogP contribution < -0.4 is 0 Å². The normalized spacial score (nSPS) is 12.6. The van der Waals surface area contributed by atoms with Gasteiger partial charge < -0.3 is 10.2 Å². The zero-order valence-electron chi connectivity index (χ0n) is 8.13. The number of aliphatic hydroxyl groups is 1. The number of hydrogen-bond acceptors (Lipinski definition) is 2. The van der Waals surface area contributed by atoms with Crippen LogP contribution >= 0.6 is 0 Å². The van der Waals surface area contributed by atoms with Gasteiger partial charge in [-0.05, 0) is 17.2 Å². The molecule has 15 heavy (non-hydrogen) atoms. The van der Waals surface area contributed by atoms with Gasteiger partial charge >= 0.3 is 5.97 Å². The molecule has 3 heteroatoms. The average molecular weight is 204 g/mol. The maximum Gasteiger partial charge on any atom is 0.328 e. The summed E-state index contributed by atoms with van der Waals surface area (Å²) in [5, 5.41) is 18.1. The number of aliphatic hydroxyl groups excluding tert-OH is 1. The van der Waals surface area contributed by atoms with Crippen molar-refractivity contribution in [3.05, 3.63) is 54.1 Å². The van der Waals surface area contributed by atoms with Crippen molar-refractivity contribution in [1.29, 1.82) is 0 Å². The summed E-state index contributed by atoms with van der Waals surface area (Å²) in [4.78, 5) is 10.4. The first-order valence-corrected chi connectivity index (χ1v) is 4.45. The van der Waals surface area contributed by atoms with Crippen molar-refractivity contribution in [3.63, 3.8) is 0 Å². The number of aliphatic carboxylic acids is 1. The molecule has 1 aromatic carbocycles. The maximum absolute atomic E-state index is 10.4. The van der Waals surface area contributed by atoms with Gasteiger partial charge in [0.25, 0.3) is 0 Å². The van der Waals surface area contributed by atoms with Crippen molar-refractivity contribution in [2.24, 2.45) is 0 Å². The van der Waals surface area contributed by atoms with E-state index in [0.717, 1.165) is 6.08 Å². The van der Waals surface area contributed by atoms with Crippen molar-refractivity contribution in [2.75, 3.05) is 0 Å². The molecule has 0 aromatic heterocycles. The summed E-state index contributed by atoms with van der Waals surface area (Å²) in [7, 11) is 0. The van der Waals surface area contributed by atoms with Crippen molar-refractivity contribution in [3.8, 4) is 0 Å². The highest BCUT2D eigenvalue weighted by Crippen LogP contribution is 2.19. The number of hydrogen-bond donors (Lipinski definition) is 2. The summed E-state index contributed by atoms with van der Waals surface area (Å²) < 4.78 is 0. The van der Waals surface area contributed by atoms with E-state index in [0.29, 0.717) is 11.1 Å². The lowest BCUT2D eigenvalue weighted by Gasteiger charge is -2.08. The molecule has 0 radical (unpaired) electrons. The Morgan fingerprint density at radius 3 is 2.67 bits per heavy atom. The zero-order chi connectivity index (χ0) is 11.3. The van der Waals surface area contributed by atoms with E-state index in [4.69, 9.17) is 5.11 Å². The van der Waals surface area contributed by atoms with E-state index < -0.39 is 12.1 Å². The Labute approximate surface area is 88.0 Å². The topological polar surface area (TPSA) is 57.5 Å². The lowest BCUT2D eigenvalue weighted by Crippen LogP contribution is -1.96. The molecule has 0 heterocycles. The van der Waals surface area contributed by atoms with E-state index in [1.54, 1.807) is 24.3 Å². The molecule has 1 unspecified atom stereocenters. The Bertz CT molecular complexity index is 394. The predicted octanol–water partition coefficient (Wildman–Crippen LogP) is 2.00. The second-order valence-electron chi connectivity index (χ2n) is 2.98. The van der Waals surface area contributed by atoms with Gasteiger partial charge in [-0.2, -0.15) is 0 Å². The summed E-state index contributed by atoms with van der Waals surface area (Å²) >= 11 is 0. The summed E-state index contributed by atoms with van der Waals surface area (Å²) in [6, 6.07) is 7.02. The van der Waals surface area contributed by atoms with E-state index in [-0.39, 0.29) is 0 Å². The van der Waals surface area contributed by atoms with Gasteiger partial charge in [-0.25, -0.2) is 4.79 Å². The summed E-state index contributed by atoms with van der Waals surface area (Å²) in [5.74, 6) is -1.02. The fourth-order valence-corrected chi connectivity index (χ4v) is 1.22. The molecule has 0 aliphatic carbocycles. The minimum absolute atomic E-state index is 0.644. The Hall–Kier alpha value is -1.87. The van der Waals surface area contributed by atoms with Gasteiger partial charge in [0.05, 0.1) is 6.10 Å². The van der Waals surface area contributed by atoms with Crippen LogP contribution in [0.15, 0.2) is 43.0 Å². The average Bonchev–Trinajstić information content (AvgIpc) is 2.25. The van der Waals surface area contributed by atoms with Gasteiger partial charge in [-0.1, -0.05) is 30.3 Å². The third-order valence-electron chi connectivity index (χ3n) is 1.94. The first-order chi connectivity index (χ1) is 7.15. The van der Waals surface area contributed by atoms with Crippen LogP contribution in [0.5, 0.6) is 0 Å². The Morgan fingerprint density at radius 1 is 1.40 bits per heavy atom. The molecule has 3 nitrogen and oxygen atoms in total. The van der Waals surface area contributed by atoms with Gasteiger partial charge in [-0.15, -0.1) is 6.58 Å². The fraction of sp³-hybridized carbons (Fsp3) is 0.0833. The van der Waals surface area contributed by atoms with E-state index in [1.807, 2.05) is 0 Å². The molecule has 0 aliphatic rings. The molecule has 78 valence electrons. The number of benzene rings is 1. The SMILES string of the molecule is C=CC(O)c1ccccc1/C=C/C(=O)O. The van der Waals surface area contributed by atoms with E-state index in [2.05, 4.69) is 6.58 Å². The highest BCUT2D eigenvalue weighted by atomic mass is 16.4. The standard InChI is InChI=1S/C12H12O3/c1-2-11(13)10-6-4-3-5-9(10)7-8-12(14)15/h2-8,11,13H,1H2,(H,14,15)/b8-7+. The minimum Gasteiger partial charge on any atom is -0.478 e. The van der Waals surface area contributed by atoms with Crippen LogP contribution in [0.3, 0.4) is 0 Å². The molecular formula is C12H12O3. The predicted molar refractivity (Wildman–Crippen MR) is 58.3 cm³/mol. The molecule has 0 spiro atoms. The molecule has 1 atom stereocenters. The first kappa shape index (κ1) is 11.2. The highest BCUT2D eigenvalue weighted by Gasteiger charge is 2.05. The molecule has 0 fully saturated rings. The Morgan fingerprint density at radius 2 is 2.07 bits per heavy atom. The third-order valence-corrected chi connectivity index (χ3v) is 1.94. The minimum atomic E-state index is -1.02. The first-order valence-electron chi connectivity index (χ1n) is 4.45. The molecule has 0 saturated carbocycles. The quantitative estimate of drug-likeness (QED) is 0.582. The van der Waals surface area contributed by atoms with Gasteiger partial charge in [0.2, 0.25) is 0 Å². The number of carboxylic acid groups (broad SMARTS) is 1. The van der Waals surface area contributed by atoms with Crippen LogP contribution in [0, 0.1) is 0 Å². The van der Waals surface area contributed by atoms with Crippen LogP contribution in [0.25, 0.3) is 6.08 Å². The van der Waals surface area contributed by atoms with Crippen molar-refractivity contribution >= 4 is 12.0 Å². The largest absolute Gasteiger partial charge is 0.478 e. The maximum atomic E-state index is 10.4. The molecule has 1 rings (SSSR count). The van der Waals surface area contributed by atoms with Crippen molar-refractivity contribution < 1.29 is 15.0 Å². The molecule has 2 N–H and O–H groups in total. The van der Waals surface area contributed by atoms with Crippen LogP contribution in [0.2, 0.25) is 0 Å². The Balaban J connectivity index is 3.06. The van der Waals surface area contributed by atoms with E-state index in [9.17, 15) is 9.90 Å². The van der Waals surface area contributed by atoms with E-state index in [1.165, 1.54) is 12.2 Å². The lowest BCUT2D eigenvalue weighted by atomic mass is 10.0. The van der Waals surface area contributed by atoms with Gasteiger partial charge in [0.15, 0.2) is 0 Å². The van der Waals surface area contributed by atoms with Crippen molar-refractivity contribution in [2.45, 2.75) is 6.10 Å². The van der Waals surface area contributed by atoms with Crippen LogP contribution in [0.1, 0.15) is 17.2 Å². The summed E-state index contributed by atoms with van der Waals surface area (Å²) in [6.07, 6.45) is 3.10. The van der Waals surface area contributed by atoms with Gasteiger partial charge in [-0.3, -0.25) is 0 Å². The van der Waals surface area contributed by atoms with E-state index >= 15 is 0 Å². The monoisotopic (exact) mass is 204 g/mol. The van der Waals surface area contributed by atoms with Crippen LogP contribution in [-0.4, -0.2) is 16.2 Å². The molecule has 0 saturated heterocycles. The van der Waals surface area contributed by atoms with Crippen molar-refractivity contribution in [1.82, 2.24) is 0 Å². The molecular weight excluding hydrogens is 192 g/mol. The number of rotatable bonds is 4. The summed E-state index contributed by atoms with van der Waals surface area (Å²) in [6.45, 7) is 3.48. The molecule has 0 bridgehead atoms. The number of carboxylic acids is 1. The molecule has 0 amide bonds. The second-order valence-corrected chi connectivity index (χ2v) is 2.98. The van der Waals surface area contributed by atoms with Crippen LogP contribution in [0.4, 0.5) is 0 Å². The fourth-order valence-electron chi connectivity index (χ4n) is 1.22. The van der Waals surface area contributed by atoms with Gasteiger partial charge in [0.1, 0.15) is 0 Å². The Kier molecular flexibility index (Phi) is 3.83. The lowest BCUT2D eigenvalue weighted by molar-refractivity contribution is -0.131. The van der Waals surface area contributed by atoms with Crippen LogP contribution in [-0.2, 0) is 4.79 Å². The summed E-state index contributed by atoms with van der Waals surface area (Å²) in [5.41, 5.74) is 1.32. The second kappa shape index (κ2) is 5.12. The molecule has 1 aromatic rings. The zero-order valence-corrected chi connectivity index (χ0v) is 8.13. The molecule has 0 aliphatic heterocycles. The number of carbonyl (C=O) groups is 1. The van der Waals surface area contributed by atoms with Gasteiger partial charge in [0, 0.05) is 6.08 Å². The third kappa shape index (κ3) is 3.07. The smallest absolute Gasteiger partial charge is 0.328 e. The highest BCUT2D eigenvalue weighted by molar-refractivity contribution is 5.85.